The number of hydrogen-bond donors (Lipinski definition) is 0. The molecule has 0 unspecified atom stereocenters. The maximum absolute atomic E-state index is 4.54. The molecule has 19 heavy (non-hydrogen) atoms. The fourth-order valence-electron chi connectivity index (χ4n) is 4.39. The summed E-state index contributed by atoms with van der Waals surface area (Å²) in [6.07, 6.45) is 8.72. The predicted molar refractivity (Wildman–Crippen MR) is 79.0 cm³/mol. The highest BCUT2D eigenvalue weighted by atomic mass is 15.1. The molecule has 0 radical (unpaired) electrons. The molecule has 1 aliphatic heterocycles. The largest absolute Gasteiger partial charge is 0.303 e. The van der Waals surface area contributed by atoms with Gasteiger partial charge in [0, 0.05) is 17.9 Å². The molecular weight excluding hydrogens is 232 g/mol. The van der Waals surface area contributed by atoms with Crippen molar-refractivity contribution in [1.82, 2.24) is 9.88 Å². The minimum Gasteiger partial charge on any atom is -0.303 e. The number of piperidine rings is 1. The van der Waals surface area contributed by atoms with Crippen molar-refractivity contribution >= 4 is 0 Å². The van der Waals surface area contributed by atoms with Crippen LogP contribution in [-0.4, -0.2) is 29.5 Å². The van der Waals surface area contributed by atoms with E-state index in [1.54, 1.807) is 0 Å². The van der Waals surface area contributed by atoms with Crippen LogP contribution < -0.4 is 0 Å². The second-order valence-corrected chi connectivity index (χ2v) is 6.72. The van der Waals surface area contributed by atoms with E-state index in [9.17, 15) is 0 Å². The normalized spacial score (nSPS) is 35.9. The molecule has 104 valence electrons. The molecule has 0 bridgehead atoms. The van der Waals surface area contributed by atoms with Crippen molar-refractivity contribution in [2.75, 3.05) is 13.6 Å². The van der Waals surface area contributed by atoms with Crippen LogP contribution in [0.15, 0.2) is 24.4 Å². The monoisotopic (exact) mass is 258 g/mol. The van der Waals surface area contributed by atoms with Crippen LogP contribution in [0.1, 0.15) is 38.3 Å². The Bertz CT molecular complexity index is 403. The number of nitrogens with zero attached hydrogens (tertiary/aromatic N) is 2. The van der Waals surface area contributed by atoms with Crippen LogP contribution in [0.4, 0.5) is 0 Å². The van der Waals surface area contributed by atoms with Crippen molar-refractivity contribution in [3.05, 3.63) is 30.1 Å². The first-order valence-corrected chi connectivity index (χ1v) is 7.84. The number of rotatable bonds is 2. The van der Waals surface area contributed by atoms with Gasteiger partial charge < -0.3 is 4.90 Å². The van der Waals surface area contributed by atoms with E-state index in [0.29, 0.717) is 0 Å². The molecular formula is C17H26N2. The molecule has 3 rings (SSSR count). The van der Waals surface area contributed by atoms with Gasteiger partial charge in [-0.2, -0.15) is 0 Å². The predicted octanol–water partition coefficient (Wildman–Crippen LogP) is 3.38. The smallest absolute Gasteiger partial charge is 0.0406 e. The summed E-state index contributed by atoms with van der Waals surface area (Å²) in [6.45, 7) is 3.73. The van der Waals surface area contributed by atoms with Gasteiger partial charge >= 0.3 is 0 Å². The van der Waals surface area contributed by atoms with E-state index in [0.717, 1.165) is 23.8 Å². The third kappa shape index (κ3) is 2.84. The molecule has 0 N–H and O–H groups in total. The number of aromatic nitrogens is 1. The first-order chi connectivity index (χ1) is 9.24. The third-order valence-electron chi connectivity index (χ3n) is 5.26. The van der Waals surface area contributed by atoms with Gasteiger partial charge in [-0.3, -0.25) is 4.98 Å². The van der Waals surface area contributed by atoms with E-state index in [1.165, 1.54) is 44.3 Å². The van der Waals surface area contributed by atoms with Crippen LogP contribution in [0.3, 0.4) is 0 Å². The van der Waals surface area contributed by atoms with E-state index < -0.39 is 0 Å². The lowest BCUT2D eigenvalue weighted by atomic mass is 9.66. The van der Waals surface area contributed by atoms with E-state index in [-0.39, 0.29) is 0 Å². The fourth-order valence-corrected chi connectivity index (χ4v) is 4.39. The zero-order valence-corrected chi connectivity index (χ0v) is 12.3. The van der Waals surface area contributed by atoms with Crippen molar-refractivity contribution in [3.8, 4) is 0 Å². The van der Waals surface area contributed by atoms with Crippen LogP contribution in [0.25, 0.3) is 0 Å². The maximum Gasteiger partial charge on any atom is 0.0406 e. The SMILES string of the molecule is C[C@H]1C[C@H](Cc2ccccn2)[C@H]2CCCN(C)[C@@H]2C1. The highest BCUT2D eigenvalue weighted by Crippen LogP contribution is 2.42. The zero-order chi connectivity index (χ0) is 13.2. The third-order valence-corrected chi connectivity index (χ3v) is 5.26. The van der Waals surface area contributed by atoms with Crippen molar-refractivity contribution in [2.45, 2.75) is 45.1 Å². The number of hydrogen-bond acceptors (Lipinski definition) is 2. The molecule has 0 aromatic carbocycles. The van der Waals surface area contributed by atoms with Gasteiger partial charge in [-0.05, 0) is 75.6 Å². The molecule has 1 aliphatic carbocycles. The Kier molecular flexibility index (Phi) is 3.88. The molecule has 2 fully saturated rings. The van der Waals surface area contributed by atoms with Gasteiger partial charge in [-0.15, -0.1) is 0 Å². The van der Waals surface area contributed by atoms with Gasteiger partial charge in [0.25, 0.3) is 0 Å². The van der Waals surface area contributed by atoms with Gasteiger partial charge in [0.2, 0.25) is 0 Å². The van der Waals surface area contributed by atoms with Crippen LogP contribution in [-0.2, 0) is 6.42 Å². The van der Waals surface area contributed by atoms with Crippen molar-refractivity contribution < 1.29 is 0 Å². The molecule has 1 saturated carbocycles. The second-order valence-electron chi connectivity index (χ2n) is 6.72. The number of likely N-dealkylation sites (tertiary alicyclic amines) is 1. The Labute approximate surface area is 117 Å². The highest BCUT2D eigenvalue weighted by molar-refractivity contribution is 5.06. The molecule has 2 aliphatic rings. The topological polar surface area (TPSA) is 16.1 Å². The first-order valence-electron chi connectivity index (χ1n) is 7.84. The lowest BCUT2D eigenvalue weighted by Gasteiger charge is -2.48. The maximum atomic E-state index is 4.54. The van der Waals surface area contributed by atoms with Gasteiger partial charge in [0.05, 0.1) is 0 Å². The second kappa shape index (κ2) is 5.62. The van der Waals surface area contributed by atoms with E-state index in [4.69, 9.17) is 0 Å². The molecule has 2 nitrogen and oxygen atoms in total. The lowest BCUT2D eigenvalue weighted by Crippen LogP contribution is -2.49. The van der Waals surface area contributed by atoms with Gasteiger partial charge in [0.15, 0.2) is 0 Å². The summed E-state index contributed by atoms with van der Waals surface area (Å²) in [6, 6.07) is 7.16. The molecule has 1 aromatic rings. The summed E-state index contributed by atoms with van der Waals surface area (Å²) in [5.41, 5.74) is 1.29. The minimum absolute atomic E-state index is 0.825. The molecule has 1 aromatic heterocycles. The summed E-state index contributed by atoms with van der Waals surface area (Å²) in [5, 5.41) is 0. The fraction of sp³-hybridized carbons (Fsp3) is 0.706. The summed E-state index contributed by atoms with van der Waals surface area (Å²) in [4.78, 5) is 7.16. The Balaban J connectivity index is 1.75. The van der Waals surface area contributed by atoms with Gasteiger partial charge in [0.1, 0.15) is 0 Å². The lowest BCUT2D eigenvalue weighted by molar-refractivity contribution is 0.0221. The summed E-state index contributed by atoms with van der Waals surface area (Å²) < 4.78 is 0. The van der Waals surface area contributed by atoms with Crippen LogP contribution in [0.2, 0.25) is 0 Å². The average molecular weight is 258 g/mol. The summed E-state index contributed by atoms with van der Waals surface area (Å²) >= 11 is 0. The van der Waals surface area contributed by atoms with Crippen LogP contribution in [0, 0.1) is 17.8 Å². The van der Waals surface area contributed by atoms with Crippen molar-refractivity contribution in [1.29, 1.82) is 0 Å². The number of fused-ring (bicyclic) bond motifs is 1. The molecule has 2 heteroatoms. The average Bonchev–Trinajstić information content (AvgIpc) is 2.41. The van der Waals surface area contributed by atoms with Crippen molar-refractivity contribution in [2.24, 2.45) is 17.8 Å². The van der Waals surface area contributed by atoms with E-state index in [1.807, 2.05) is 12.3 Å². The Hall–Kier alpha value is -0.890. The van der Waals surface area contributed by atoms with E-state index >= 15 is 0 Å². The van der Waals surface area contributed by atoms with Gasteiger partial charge in [-0.25, -0.2) is 0 Å². The molecule has 4 atom stereocenters. The molecule has 0 spiro atoms. The Morgan fingerprint density at radius 1 is 1.32 bits per heavy atom. The van der Waals surface area contributed by atoms with Crippen LogP contribution >= 0.6 is 0 Å². The molecule has 1 saturated heterocycles. The van der Waals surface area contributed by atoms with Crippen molar-refractivity contribution in [3.63, 3.8) is 0 Å². The quantitative estimate of drug-likeness (QED) is 0.808. The first kappa shape index (κ1) is 13.1. The Morgan fingerprint density at radius 3 is 3.00 bits per heavy atom. The standard InChI is InChI=1S/C17H26N2/c1-13-10-14(12-15-6-3-4-8-18-15)16-7-5-9-19(2)17(16)11-13/h3-4,6,8,13-14,16-17H,5,7,9-12H2,1-2H3/t13-,14+,16+,17+/m0/s1. The summed E-state index contributed by atoms with van der Waals surface area (Å²) in [7, 11) is 2.33. The highest BCUT2D eigenvalue weighted by Gasteiger charge is 2.39. The van der Waals surface area contributed by atoms with Gasteiger partial charge in [-0.1, -0.05) is 13.0 Å². The molecule has 2 heterocycles. The molecule has 0 amide bonds. The van der Waals surface area contributed by atoms with E-state index in [2.05, 4.69) is 36.0 Å². The summed E-state index contributed by atoms with van der Waals surface area (Å²) in [5.74, 6) is 2.61. The van der Waals surface area contributed by atoms with Crippen LogP contribution in [0.5, 0.6) is 0 Å². The minimum atomic E-state index is 0.825. The Morgan fingerprint density at radius 2 is 2.21 bits per heavy atom. The zero-order valence-electron chi connectivity index (χ0n) is 12.3. The number of pyridine rings is 1.